The van der Waals surface area contributed by atoms with Crippen LogP contribution in [0.2, 0.25) is 15.1 Å². The normalized spacial score (nSPS) is 13.5. The smallest absolute Gasteiger partial charge is 0.354 e. The van der Waals surface area contributed by atoms with Crippen LogP contribution in [0.5, 0.6) is 5.75 Å². The summed E-state index contributed by atoms with van der Waals surface area (Å²) >= 11 is 18.9. The van der Waals surface area contributed by atoms with Crippen LogP contribution in [-0.4, -0.2) is 16.1 Å². The summed E-state index contributed by atoms with van der Waals surface area (Å²) in [6.07, 6.45) is 2.55. The number of rotatable bonds is 6. The Morgan fingerprint density at radius 3 is 2.42 bits per heavy atom. The molecular weight excluding hydrogens is 457 g/mol. The zero-order chi connectivity index (χ0) is 22.0. The monoisotopic (exact) mass is 473 g/mol. The van der Waals surface area contributed by atoms with Crippen molar-refractivity contribution in [1.29, 1.82) is 0 Å². The maximum atomic E-state index is 11.4. The van der Waals surface area contributed by atoms with E-state index in [4.69, 9.17) is 39.5 Å². The second-order valence-corrected chi connectivity index (χ2v) is 8.40. The zero-order valence-corrected chi connectivity index (χ0v) is 18.6. The van der Waals surface area contributed by atoms with E-state index in [1.54, 1.807) is 30.3 Å². The third-order valence-corrected chi connectivity index (χ3v) is 6.14. The number of hydrogen-bond donors (Lipinski definition) is 1. The van der Waals surface area contributed by atoms with Crippen molar-refractivity contribution in [1.82, 2.24) is 4.98 Å². The molecule has 1 N–H and O–H groups in total. The lowest BCUT2D eigenvalue weighted by molar-refractivity contribution is 0.0690. The standard InChI is InChI=1S/C24H18Cl3NO3/c25-14-10-11-23(31-13-18-19(26)6-2-7-20(18)27)17(12-14)15-4-1-5-16(15)21-8-3-9-22(28-21)24(29)30/h2-3,6-12H,1,4-5,13H2,(H,29,30). The van der Waals surface area contributed by atoms with Crippen LogP contribution in [0.4, 0.5) is 0 Å². The van der Waals surface area contributed by atoms with Gasteiger partial charge in [-0.25, -0.2) is 9.78 Å². The van der Waals surface area contributed by atoms with Crippen LogP contribution in [0.1, 0.15) is 46.6 Å². The second-order valence-electron chi connectivity index (χ2n) is 7.15. The Kier molecular flexibility index (Phi) is 6.51. The van der Waals surface area contributed by atoms with E-state index < -0.39 is 5.97 Å². The number of hydrogen-bond acceptors (Lipinski definition) is 3. The lowest BCUT2D eigenvalue weighted by Gasteiger charge is -2.16. The van der Waals surface area contributed by atoms with E-state index in [1.807, 2.05) is 18.2 Å². The summed E-state index contributed by atoms with van der Waals surface area (Å²) in [6, 6.07) is 15.8. The molecule has 7 heteroatoms. The molecule has 0 radical (unpaired) electrons. The highest BCUT2D eigenvalue weighted by atomic mass is 35.5. The third-order valence-electron chi connectivity index (χ3n) is 5.20. The first kappa shape index (κ1) is 21.7. The van der Waals surface area contributed by atoms with Crippen molar-refractivity contribution in [2.45, 2.75) is 25.9 Å². The molecule has 0 spiro atoms. The van der Waals surface area contributed by atoms with Crippen molar-refractivity contribution < 1.29 is 14.6 Å². The molecule has 0 saturated heterocycles. The lowest BCUT2D eigenvalue weighted by atomic mass is 9.99. The number of aromatic nitrogens is 1. The molecule has 2 aromatic carbocycles. The van der Waals surface area contributed by atoms with Crippen LogP contribution in [0.25, 0.3) is 11.1 Å². The fourth-order valence-electron chi connectivity index (χ4n) is 3.73. The van der Waals surface area contributed by atoms with Crippen LogP contribution >= 0.6 is 34.8 Å². The van der Waals surface area contributed by atoms with Crippen molar-refractivity contribution in [3.63, 3.8) is 0 Å². The largest absolute Gasteiger partial charge is 0.488 e. The minimum atomic E-state index is -1.05. The van der Waals surface area contributed by atoms with E-state index in [0.29, 0.717) is 32.1 Å². The Hall–Kier alpha value is -2.53. The highest BCUT2D eigenvalue weighted by Crippen LogP contribution is 2.43. The number of aromatic carboxylic acids is 1. The molecule has 31 heavy (non-hydrogen) atoms. The predicted octanol–water partition coefficient (Wildman–Crippen LogP) is 7.41. The van der Waals surface area contributed by atoms with Gasteiger partial charge >= 0.3 is 5.97 Å². The second kappa shape index (κ2) is 9.31. The summed E-state index contributed by atoms with van der Waals surface area (Å²) in [5.41, 5.74) is 4.32. The first-order valence-corrected chi connectivity index (χ1v) is 10.9. The summed E-state index contributed by atoms with van der Waals surface area (Å²) in [5, 5.41) is 11.0. The van der Waals surface area contributed by atoms with Gasteiger partial charge in [0.1, 0.15) is 18.1 Å². The van der Waals surface area contributed by atoms with Gasteiger partial charge in [0, 0.05) is 26.2 Å². The molecule has 3 aromatic rings. The van der Waals surface area contributed by atoms with Crippen LogP contribution < -0.4 is 4.74 Å². The molecule has 0 fully saturated rings. The maximum absolute atomic E-state index is 11.4. The van der Waals surface area contributed by atoms with Gasteiger partial charge in [0.2, 0.25) is 0 Å². The summed E-state index contributed by atoms with van der Waals surface area (Å²) in [6.45, 7) is 0.211. The molecule has 0 unspecified atom stereocenters. The Bertz CT molecular complexity index is 1170. The number of carboxylic acid groups (broad SMARTS) is 1. The Morgan fingerprint density at radius 1 is 0.968 bits per heavy atom. The van der Waals surface area contributed by atoms with Gasteiger partial charge in [-0.2, -0.15) is 0 Å². The number of allylic oxidation sites excluding steroid dienone is 2. The van der Waals surface area contributed by atoms with Gasteiger partial charge in [-0.15, -0.1) is 0 Å². The summed E-state index contributed by atoms with van der Waals surface area (Å²) in [5.74, 6) is -0.394. The van der Waals surface area contributed by atoms with Crippen molar-refractivity contribution in [2.24, 2.45) is 0 Å². The fraction of sp³-hybridized carbons (Fsp3) is 0.167. The van der Waals surface area contributed by atoms with Gasteiger partial charge in [-0.05, 0) is 72.9 Å². The number of ether oxygens (including phenoxy) is 1. The van der Waals surface area contributed by atoms with Gasteiger partial charge in [0.05, 0.1) is 5.69 Å². The molecule has 0 saturated carbocycles. The molecule has 1 aromatic heterocycles. The highest BCUT2D eigenvalue weighted by molar-refractivity contribution is 6.36. The summed E-state index contributed by atoms with van der Waals surface area (Å²) in [7, 11) is 0. The average Bonchev–Trinajstić information content (AvgIpc) is 3.24. The van der Waals surface area contributed by atoms with Gasteiger partial charge in [0.25, 0.3) is 0 Å². The molecule has 1 heterocycles. The van der Waals surface area contributed by atoms with E-state index in [9.17, 15) is 9.90 Å². The van der Waals surface area contributed by atoms with Crippen LogP contribution in [0, 0.1) is 0 Å². The third kappa shape index (κ3) is 4.72. The molecule has 0 atom stereocenters. The van der Waals surface area contributed by atoms with Gasteiger partial charge < -0.3 is 9.84 Å². The molecule has 0 bridgehead atoms. The highest BCUT2D eigenvalue weighted by Gasteiger charge is 2.23. The number of carboxylic acids is 1. The molecule has 0 aliphatic heterocycles. The number of pyridine rings is 1. The Balaban J connectivity index is 1.73. The van der Waals surface area contributed by atoms with Crippen LogP contribution in [0.15, 0.2) is 54.6 Å². The van der Waals surface area contributed by atoms with E-state index >= 15 is 0 Å². The summed E-state index contributed by atoms with van der Waals surface area (Å²) in [4.78, 5) is 15.7. The molecule has 1 aliphatic rings. The predicted molar refractivity (Wildman–Crippen MR) is 124 cm³/mol. The molecule has 1 aliphatic carbocycles. The molecule has 158 valence electrons. The minimum absolute atomic E-state index is 0.0205. The number of carbonyl (C=O) groups is 1. The SMILES string of the molecule is O=C(O)c1cccc(C2=C(c3cc(Cl)ccc3OCc3c(Cl)cccc3Cl)CCC2)n1. The number of nitrogens with zero attached hydrogens (tertiary/aromatic N) is 1. The molecule has 0 amide bonds. The van der Waals surface area contributed by atoms with Gasteiger partial charge in [0.15, 0.2) is 0 Å². The van der Waals surface area contributed by atoms with E-state index in [1.165, 1.54) is 6.07 Å². The fourth-order valence-corrected chi connectivity index (χ4v) is 4.41. The van der Waals surface area contributed by atoms with Crippen molar-refractivity contribution >= 4 is 51.9 Å². The topological polar surface area (TPSA) is 59.4 Å². The Morgan fingerprint density at radius 2 is 1.68 bits per heavy atom. The zero-order valence-electron chi connectivity index (χ0n) is 16.4. The van der Waals surface area contributed by atoms with Crippen LogP contribution in [-0.2, 0) is 6.61 Å². The summed E-state index contributed by atoms with van der Waals surface area (Å²) < 4.78 is 6.12. The number of benzene rings is 2. The number of halogens is 3. The van der Waals surface area contributed by atoms with Crippen molar-refractivity contribution in [3.05, 3.63) is 92.2 Å². The van der Waals surface area contributed by atoms with E-state index in [0.717, 1.165) is 36.0 Å². The molecule has 4 nitrogen and oxygen atoms in total. The van der Waals surface area contributed by atoms with Crippen LogP contribution in [0.3, 0.4) is 0 Å². The van der Waals surface area contributed by atoms with Gasteiger partial charge in [-0.1, -0.05) is 46.9 Å². The first-order chi connectivity index (χ1) is 14.9. The molecular formula is C24H18Cl3NO3. The maximum Gasteiger partial charge on any atom is 0.354 e. The molecule has 4 rings (SSSR count). The first-order valence-electron chi connectivity index (χ1n) is 9.72. The lowest BCUT2D eigenvalue weighted by Crippen LogP contribution is -2.03. The van der Waals surface area contributed by atoms with Crippen molar-refractivity contribution in [2.75, 3.05) is 0 Å². The Labute approximate surface area is 195 Å². The average molecular weight is 475 g/mol. The van der Waals surface area contributed by atoms with E-state index in [2.05, 4.69) is 4.98 Å². The quantitative estimate of drug-likeness (QED) is 0.404. The van der Waals surface area contributed by atoms with E-state index in [-0.39, 0.29) is 12.3 Å². The van der Waals surface area contributed by atoms with Crippen molar-refractivity contribution in [3.8, 4) is 5.75 Å². The van der Waals surface area contributed by atoms with Gasteiger partial charge in [-0.3, -0.25) is 0 Å². The minimum Gasteiger partial charge on any atom is -0.488 e.